The van der Waals surface area contributed by atoms with Crippen LogP contribution in [0.25, 0.3) is 5.69 Å². The molecular formula is C24H22ClF3N4O3. The number of carbonyl (C=O) groups is 2. The first-order valence-corrected chi connectivity index (χ1v) is 10.8. The number of hydrogen-bond donors (Lipinski definition) is 2. The maximum atomic E-state index is 13.0. The number of nitrogens with one attached hydrogen (secondary N) is 2. The Morgan fingerprint density at radius 3 is 2.40 bits per heavy atom. The number of carbonyl (C=O) groups excluding carboxylic acids is 2. The van der Waals surface area contributed by atoms with Crippen LogP contribution < -0.4 is 15.5 Å². The van der Waals surface area contributed by atoms with Gasteiger partial charge in [-0.2, -0.15) is 18.3 Å². The van der Waals surface area contributed by atoms with Gasteiger partial charge in [0.15, 0.2) is 0 Å². The first-order valence-electron chi connectivity index (χ1n) is 10.4. The molecule has 0 fully saturated rings. The summed E-state index contributed by atoms with van der Waals surface area (Å²) in [5.74, 6) is -1.57. The third kappa shape index (κ3) is 6.21. The summed E-state index contributed by atoms with van der Waals surface area (Å²) >= 11 is 5.55. The molecular weight excluding hydrogens is 485 g/mol. The Morgan fingerprint density at radius 1 is 1.09 bits per heavy atom. The molecule has 11 heteroatoms. The average molecular weight is 507 g/mol. The molecule has 35 heavy (non-hydrogen) atoms. The number of anilines is 1. The maximum Gasteiger partial charge on any atom is 0.417 e. The standard InChI is InChI=1S/C24H22ClF3N4O3/c1-4-35-19-8-6-18(7-9-19)32-14(2)11-16(15(32)3)13-29-31-23(34)22(33)30-17-5-10-21(25)20(12-17)24(26,27)28/h5-13H,4H2,1-3H3,(H,30,33)(H,31,34)/b29-13-. The first kappa shape index (κ1) is 25.8. The van der Waals surface area contributed by atoms with Crippen molar-refractivity contribution in [1.29, 1.82) is 0 Å². The molecule has 0 aliphatic carbocycles. The van der Waals surface area contributed by atoms with Gasteiger partial charge in [-0.15, -0.1) is 0 Å². The number of hydrazone groups is 1. The largest absolute Gasteiger partial charge is 0.494 e. The molecule has 0 saturated heterocycles. The van der Waals surface area contributed by atoms with Crippen LogP contribution in [-0.2, 0) is 15.8 Å². The second kappa shape index (κ2) is 10.6. The minimum atomic E-state index is -4.71. The number of aryl methyl sites for hydroxylation is 1. The van der Waals surface area contributed by atoms with Crippen LogP contribution in [0, 0.1) is 13.8 Å². The highest BCUT2D eigenvalue weighted by atomic mass is 35.5. The molecule has 3 aromatic rings. The van der Waals surface area contributed by atoms with Crippen LogP contribution in [0.1, 0.15) is 29.4 Å². The second-order valence-corrected chi connectivity index (χ2v) is 7.84. The Hall–Kier alpha value is -3.79. The molecule has 0 aliphatic rings. The minimum absolute atomic E-state index is 0.232. The lowest BCUT2D eigenvalue weighted by Crippen LogP contribution is -2.32. The molecule has 0 unspecified atom stereocenters. The van der Waals surface area contributed by atoms with Crippen molar-refractivity contribution in [2.75, 3.05) is 11.9 Å². The van der Waals surface area contributed by atoms with Crippen LogP contribution in [0.2, 0.25) is 5.02 Å². The van der Waals surface area contributed by atoms with Crippen LogP contribution in [0.4, 0.5) is 18.9 Å². The van der Waals surface area contributed by atoms with Crippen LogP contribution in [0.3, 0.4) is 0 Å². The predicted octanol–water partition coefficient (Wildman–Crippen LogP) is 5.25. The Balaban J connectivity index is 1.67. The average Bonchev–Trinajstić information content (AvgIpc) is 3.08. The molecule has 2 aromatic carbocycles. The summed E-state index contributed by atoms with van der Waals surface area (Å²) in [6, 6.07) is 12.2. The lowest BCUT2D eigenvalue weighted by Gasteiger charge is -2.11. The Bertz CT molecular complexity index is 1270. The molecule has 2 amide bonds. The van der Waals surface area contributed by atoms with Crippen molar-refractivity contribution < 1.29 is 27.5 Å². The molecule has 0 aliphatic heterocycles. The zero-order valence-corrected chi connectivity index (χ0v) is 19.8. The van der Waals surface area contributed by atoms with Gasteiger partial charge in [-0.3, -0.25) is 9.59 Å². The zero-order valence-electron chi connectivity index (χ0n) is 19.0. The number of amides is 2. The van der Waals surface area contributed by atoms with E-state index in [-0.39, 0.29) is 5.69 Å². The fourth-order valence-corrected chi connectivity index (χ4v) is 3.62. The maximum absolute atomic E-state index is 13.0. The van der Waals surface area contributed by atoms with E-state index in [0.717, 1.165) is 35.0 Å². The molecule has 0 atom stereocenters. The monoisotopic (exact) mass is 506 g/mol. The second-order valence-electron chi connectivity index (χ2n) is 7.43. The molecule has 0 radical (unpaired) electrons. The zero-order chi connectivity index (χ0) is 25.8. The lowest BCUT2D eigenvalue weighted by atomic mass is 10.2. The number of nitrogens with zero attached hydrogens (tertiary/aromatic N) is 2. The summed E-state index contributed by atoms with van der Waals surface area (Å²) in [6.45, 7) is 6.26. The van der Waals surface area contributed by atoms with Gasteiger partial charge in [0, 0.05) is 28.3 Å². The number of aromatic nitrogens is 1. The number of rotatable bonds is 6. The Labute approximate surface area is 204 Å². The van der Waals surface area contributed by atoms with E-state index in [1.807, 2.05) is 55.7 Å². The topological polar surface area (TPSA) is 84.7 Å². The van der Waals surface area contributed by atoms with Crippen molar-refractivity contribution >= 4 is 35.3 Å². The van der Waals surface area contributed by atoms with Crippen LogP contribution in [0.15, 0.2) is 53.6 Å². The molecule has 7 nitrogen and oxygen atoms in total. The first-order chi connectivity index (χ1) is 16.5. The predicted molar refractivity (Wildman–Crippen MR) is 127 cm³/mol. The molecule has 1 aromatic heterocycles. The molecule has 0 saturated carbocycles. The molecule has 0 spiro atoms. The van der Waals surface area contributed by atoms with Gasteiger partial charge in [0.05, 0.1) is 23.4 Å². The molecule has 0 bridgehead atoms. The SMILES string of the molecule is CCOc1ccc(-n2c(C)cc(/C=N\NC(=O)C(=O)Nc3ccc(Cl)c(C(F)(F)F)c3)c2C)cc1. The Kier molecular flexibility index (Phi) is 7.85. The number of alkyl halides is 3. The van der Waals surface area contributed by atoms with Gasteiger partial charge >= 0.3 is 18.0 Å². The summed E-state index contributed by atoms with van der Waals surface area (Å²) in [4.78, 5) is 24.1. The summed E-state index contributed by atoms with van der Waals surface area (Å²) < 4.78 is 46.4. The normalized spacial score (nSPS) is 11.5. The van der Waals surface area contributed by atoms with E-state index in [1.54, 1.807) is 0 Å². The highest BCUT2D eigenvalue weighted by Crippen LogP contribution is 2.36. The van der Waals surface area contributed by atoms with Crippen molar-refractivity contribution in [2.45, 2.75) is 26.9 Å². The van der Waals surface area contributed by atoms with Gasteiger partial charge in [-0.1, -0.05) is 11.6 Å². The third-order valence-corrected chi connectivity index (χ3v) is 5.31. The lowest BCUT2D eigenvalue weighted by molar-refractivity contribution is -0.137. The molecule has 3 rings (SSSR count). The van der Waals surface area contributed by atoms with Crippen molar-refractivity contribution in [3.05, 3.63) is 76.1 Å². The summed E-state index contributed by atoms with van der Waals surface area (Å²) in [7, 11) is 0. The van der Waals surface area contributed by atoms with E-state index < -0.39 is 28.6 Å². The number of hydrogen-bond acceptors (Lipinski definition) is 4. The van der Waals surface area contributed by atoms with E-state index >= 15 is 0 Å². The van der Waals surface area contributed by atoms with Crippen LogP contribution >= 0.6 is 11.6 Å². The highest BCUT2D eigenvalue weighted by molar-refractivity contribution is 6.39. The summed E-state index contributed by atoms with van der Waals surface area (Å²) in [6.07, 6.45) is -3.33. The minimum Gasteiger partial charge on any atom is -0.494 e. The molecule has 1 heterocycles. The van der Waals surface area contributed by atoms with E-state index in [4.69, 9.17) is 16.3 Å². The van der Waals surface area contributed by atoms with Crippen LogP contribution in [0.5, 0.6) is 5.75 Å². The quantitative estimate of drug-likeness (QED) is 0.272. The van der Waals surface area contributed by atoms with Crippen LogP contribution in [-0.4, -0.2) is 29.2 Å². The summed E-state index contributed by atoms with van der Waals surface area (Å²) in [5, 5.41) is 5.37. The number of ether oxygens (including phenoxy) is 1. The van der Waals surface area contributed by atoms with Gasteiger partial charge in [-0.25, -0.2) is 5.43 Å². The van der Waals surface area contributed by atoms with E-state index in [9.17, 15) is 22.8 Å². The highest BCUT2D eigenvalue weighted by Gasteiger charge is 2.33. The number of benzene rings is 2. The van der Waals surface area contributed by atoms with Gasteiger partial charge in [-0.05, 0) is 69.3 Å². The van der Waals surface area contributed by atoms with E-state index in [1.165, 1.54) is 6.21 Å². The molecule has 2 N–H and O–H groups in total. The van der Waals surface area contributed by atoms with E-state index in [2.05, 4.69) is 15.8 Å². The van der Waals surface area contributed by atoms with Gasteiger partial charge in [0.2, 0.25) is 0 Å². The van der Waals surface area contributed by atoms with Gasteiger partial charge in [0.25, 0.3) is 0 Å². The van der Waals surface area contributed by atoms with Crippen molar-refractivity contribution in [3.63, 3.8) is 0 Å². The van der Waals surface area contributed by atoms with Gasteiger partial charge < -0.3 is 14.6 Å². The third-order valence-electron chi connectivity index (χ3n) is 4.98. The Morgan fingerprint density at radius 2 is 1.77 bits per heavy atom. The van der Waals surface area contributed by atoms with E-state index in [0.29, 0.717) is 18.2 Å². The van der Waals surface area contributed by atoms with Crippen molar-refractivity contribution in [3.8, 4) is 11.4 Å². The van der Waals surface area contributed by atoms with Crippen molar-refractivity contribution in [2.24, 2.45) is 5.10 Å². The number of halogens is 4. The molecule has 184 valence electrons. The fourth-order valence-electron chi connectivity index (χ4n) is 3.39. The fraction of sp³-hybridized carbons (Fsp3) is 0.208. The summed E-state index contributed by atoms with van der Waals surface area (Å²) in [5.41, 5.74) is 4.08. The smallest absolute Gasteiger partial charge is 0.417 e. The van der Waals surface area contributed by atoms with Gasteiger partial charge in [0.1, 0.15) is 5.75 Å². The van der Waals surface area contributed by atoms with Crippen molar-refractivity contribution in [1.82, 2.24) is 9.99 Å².